The molecule has 0 atom stereocenters. The number of nitrogens with zero attached hydrogens (tertiary/aromatic N) is 3. The van der Waals surface area contributed by atoms with E-state index in [1.165, 1.54) is 4.90 Å². The number of rotatable bonds is 2. The van der Waals surface area contributed by atoms with Crippen LogP contribution in [-0.4, -0.2) is 39.5 Å². The standard InChI is InChI=1S/C21H19N3OS/c1-22-17-12-8-7-11-15(17)16(19(22)14-9-5-4-6-10-14)13-18-20(25)24(3)21(26)23(18)2/h4-13H,1-3H3/b18-13+. The number of benzene rings is 2. The molecule has 3 aromatic rings. The molecular formula is C21H19N3OS. The van der Waals surface area contributed by atoms with Gasteiger partial charge in [-0.25, -0.2) is 0 Å². The monoisotopic (exact) mass is 361 g/mol. The summed E-state index contributed by atoms with van der Waals surface area (Å²) in [4.78, 5) is 15.9. The van der Waals surface area contributed by atoms with E-state index in [4.69, 9.17) is 12.2 Å². The summed E-state index contributed by atoms with van der Waals surface area (Å²) < 4.78 is 2.18. The van der Waals surface area contributed by atoms with Gasteiger partial charge in [-0.3, -0.25) is 9.69 Å². The summed E-state index contributed by atoms with van der Waals surface area (Å²) in [6.07, 6.45) is 1.96. The smallest absolute Gasteiger partial charge is 0.276 e. The van der Waals surface area contributed by atoms with Gasteiger partial charge in [0.2, 0.25) is 0 Å². The molecule has 1 aromatic heterocycles. The van der Waals surface area contributed by atoms with E-state index in [0.717, 1.165) is 27.7 Å². The molecule has 1 aliphatic heterocycles. The number of aryl methyl sites for hydroxylation is 1. The predicted octanol–water partition coefficient (Wildman–Crippen LogP) is 3.87. The maximum atomic E-state index is 12.6. The van der Waals surface area contributed by atoms with Gasteiger partial charge in [0.15, 0.2) is 5.11 Å². The van der Waals surface area contributed by atoms with Gasteiger partial charge in [-0.05, 0) is 29.9 Å². The van der Waals surface area contributed by atoms with E-state index in [0.29, 0.717) is 10.8 Å². The number of carbonyl (C=O) groups is 1. The number of carbonyl (C=O) groups excluding carboxylic acids is 1. The van der Waals surface area contributed by atoms with Crippen LogP contribution in [0.25, 0.3) is 28.2 Å². The Kier molecular flexibility index (Phi) is 3.89. The molecule has 4 rings (SSSR count). The van der Waals surface area contributed by atoms with Crippen LogP contribution >= 0.6 is 12.2 Å². The minimum atomic E-state index is -0.0792. The van der Waals surface area contributed by atoms with Gasteiger partial charge >= 0.3 is 0 Å². The molecule has 2 heterocycles. The zero-order valence-corrected chi connectivity index (χ0v) is 15.7. The number of hydrogen-bond donors (Lipinski definition) is 0. The second-order valence-corrected chi connectivity index (χ2v) is 6.80. The topological polar surface area (TPSA) is 28.5 Å². The molecule has 0 bridgehead atoms. The first-order valence-electron chi connectivity index (χ1n) is 8.41. The molecular weight excluding hydrogens is 342 g/mol. The highest BCUT2D eigenvalue weighted by atomic mass is 32.1. The Labute approximate surface area is 157 Å². The van der Waals surface area contributed by atoms with Crippen molar-refractivity contribution in [1.82, 2.24) is 14.4 Å². The van der Waals surface area contributed by atoms with E-state index < -0.39 is 0 Å². The molecule has 1 amide bonds. The zero-order valence-electron chi connectivity index (χ0n) is 14.9. The molecule has 0 N–H and O–H groups in total. The lowest BCUT2D eigenvalue weighted by molar-refractivity contribution is -0.121. The van der Waals surface area contributed by atoms with Crippen LogP contribution in [-0.2, 0) is 11.8 Å². The van der Waals surface area contributed by atoms with Gasteiger partial charge in [0, 0.05) is 37.6 Å². The highest BCUT2D eigenvalue weighted by Crippen LogP contribution is 2.35. The molecule has 26 heavy (non-hydrogen) atoms. The molecule has 0 saturated carbocycles. The van der Waals surface area contributed by atoms with Gasteiger partial charge in [-0.2, -0.15) is 0 Å². The number of aromatic nitrogens is 1. The van der Waals surface area contributed by atoms with E-state index in [9.17, 15) is 4.79 Å². The lowest BCUT2D eigenvalue weighted by Gasteiger charge is -2.11. The minimum Gasteiger partial charge on any atom is -0.343 e. The van der Waals surface area contributed by atoms with Crippen molar-refractivity contribution < 1.29 is 4.79 Å². The number of likely N-dealkylation sites (N-methyl/N-ethyl adjacent to an activating group) is 2. The quantitative estimate of drug-likeness (QED) is 0.512. The fourth-order valence-electron chi connectivity index (χ4n) is 3.54. The van der Waals surface area contributed by atoms with Crippen molar-refractivity contribution in [3.05, 3.63) is 65.9 Å². The van der Waals surface area contributed by atoms with Crippen LogP contribution < -0.4 is 0 Å². The van der Waals surface area contributed by atoms with Crippen molar-refractivity contribution in [2.45, 2.75) is 0 Å². The second kappa shape index (κ2) is 6.11. The molecule has 1 saturated heterocycles. The first-order valence-corrected chi connectivity index (χ1v) is 8.82. The number of fused-ring (bicyclic) bond motifs is 1. The molecule has 1 fully saturated rings. The number of thiocarbonyl (C=S) groups is 1. The van der Waals surface area contributed by atoms with Gasteiger partial charge in [0.25, 0.3) is 5.91 Å². The SMILES string of the molecule is CN1C(=O)/C(=C\c2c(-c3ccccc3)n(C)c3ccccc23)N(C)C1=S. The van der Waals surface area contributed by atoms with Crippen LogP contribution in [0.5, 0.6) is 0 Å². The van der Waals surface area contributed by atoms with Crippen molar-refractivity contribution in [2.75, 3.05) is 14.1 Å². The molecule has 0 radical (unpaired) electrons. The number of hydrogen-bond acceptors (Lipinski definition) is 2. The predicted molar refractivity (Wildman–Crippen MR) is 109 cm³/mol. The summed E-state index contributed by atoms with van der Waals surface area (Å²) in [5.41, 5.74) is 4.94. The summed E-state index contributed by atoms with van der Waals surface area (Å²) in [7, 11) is 5.61. The Morgan fingerprint density at radius 1 is 0.885 bits per heavy atom. The average Bonchev–Trinajstić information content (AvgIpc) is 3.05. The Morgan fingerprint density at radius 3 is 2.19 bits per heavy atom. The van der Waals surface area contributed by atoms with Gasteiger partial charge in [-0.15, -0.1) is 0 Å². The molecule has 0 spiro atoms. The lowest BCUT2D eigenvalue weighted by Crippen LogP contribution is -2.26. The highest BCUT2D eigenvalue weighted by molar-refractivity contribution is 7.80. The number of para-hydroxylation sites is 1. The van der Waals surface area contributed by atoms with Gasteiger partial charge in [0.05, 0.1) is 5.69 Å². The van der Waals surface area contributed by atoms with E-state index >= 15 is 0 Å². The first-order chi connectivity index (χ1) is 12.5. The Bertz CT molecular complexity index is 1070. The fraction of sp³-hybridized carbons (Fsp3) is 0.143. The van der Waals surface area contributed by atoms with E-state index in [2.05, 4.69) is 35.9 Å². The lowest BCUT2D eigenvalue weighted by atomic mass is 10.0. The van der Waals surface area contributed by atoms with Crippen LogP contribution in [0.1, 0.15) is 5.56 Å². The van der Waals surface area contributed by atoms with E-state index in [1.54, 1.807) is 11.9 Å². The third-order valence-electron chi connectivity index (χ3n) is 4.93. The summed E-state index contributed by atoms with van der Waals surface area (Å²) in [5.74, 6) is -0.0792. The molecule has 1 aliphatic rings. The fourth-order valence-corrected chi connectivity index (χ4v) is 3.72. The van der Waals surface area contributed by atoms with Crippen molar-refractivity contribution in [1.29, 1.82) is 0 Å². The van der Waals surface area contributed by atoms with Gasteiger partial charge < -0.3 is 9.47 Å². The third-order valence-corrected chi connectivity index (χ3v) is 5.48. The Balaban J connectivity index is 2.02. The highest BCUT2D eigenvalue weighted by Gasteiger charge is 2.33. The molecule has 0 aliphatic carbocycles. The second-order valence-electron chi connectivity index (χ2n) is 6.44. The minimum absolute atomic E-state index is 0.0792. The first kappa shape index (κ1) is 16.5. The van der Waals surface area contributed by atoms with Crippen molar-refractivity contribution in [2.24, 2.45) is 7.05 Å². The van der Waals surface area contributed by atoms with Gasteiger partial charge in [-0.1, -0.05) is 48.5 Å². The molecule has 5 heteroatoms. The van der Waals surface area contributed by atoms with E-state index in [1.807, 2.05) is 43.5 Å². The van der Waals surface area contributed by atoms with Crippen molar-refractivity contribution in [3.8, 4) is 11.3 Å². The van der Waals surface area contributed by atoms with Crippen LogP contribution in [0.4, 0.5) is 0 Å². The Hall–Kier alpha value is -2.92. The van der Waals surface area contributed by atoms with E-state index in [-0.39, 0.29) is 5.91 Å². The molecule has 130 valence electrons. The summed E-state index contributed by atoms with van der Waals surface area (Å²) >= 11 is 5.35. The Morgan fingerprint density at radius 2 is 1.54 bits per heavy atom. The van der Waals surface area contributed by atoms with Crippen LogP contribution in [0.2, 0.25) is 0 Å². The maximum absolute atomic E-state index is 12.6. The van der Waals surface area contributed by atoms with Crippen molar-refractivity contribution >= 4 is 40.2 Å². The molecule has 2 aromatic carbocycles. The summed E-state index contributed by atoms with van der Waals surface area (Å²) in [5, 5.41) is 1.63. The third kappa shape index (κ3) is 2.35. The summed E-state index contributed by atoms with van der Waals surface area (Å²) in [6, 6.07) is 18.5. The van der Waals surface area contributed by atoms with Crippen LogP contribution in [0.3, 0.4) is 0 Å². The zero-order chi connectivity index (χ0) is 18.4. The van der Waals surface area contributed by atoms with Gasteiger partial charge in [0.1, 0.15) is 5.70 Å². The molecule has 4 nitrogen and oxygen atoms in total. The molecule has 0 unspecified atom stereocenters. The largest absolute Gasteiger partial charge is 0.343 e. The normalized spacial score (nSPS) is 16.3. The van der Waals surface area contributed by atoms with Crippen LogP contribution in [0.15, 0.2) is 60.3 Å². The maximum Gasteiger partial charge on any atom is 0.276 e. The number of amides is 1. The summed E-state index contributed by atoms with van der Waals surface area (Å²) in [6.45, 7) is 0. The van der Waals surface area contributed by atoms with Crippen molar-refractivity contribution in [3.63, 3.8) is 0 Å². The van der Waals surface area contributed by atoms with Crippen LogP contribution in [0, 0.1) is 0 Å². The average molecular weight is 361 g/mol.